The first-order chi connectivity index (χ1) is 11.2. The van der Waals surface area contributed by atoms with Crippen molar-refractivity contribution < 1.29 is 45.8 Å². The number of fused-ring (bicyclic) bond motifs is 3. The van der Waals surface area contributed by atoms with Crippen molar-refractivity contribution in [1.82, 2.24) is 0 Å². The standard InChI is InChI=1S/C13H9.C6H7.C3H6.2ClH.Hf/c1-3-7-12-10(5-1)9-11-6-2-4-8-13(11)12;1-6-4-2-3-5-6;1-3-2;;;/h1-9H;2,4H,3H2,1H3;1-2H3;2*1H;/q;;;;;+2/p-2. The normalized spacial score (nSPS) is 14.2. The van der Waals surface area contributed by atoms with Crippen LogP contribution in [0, 0.1) is 0 Å². The van der Waals surface area contributed by atoms with Crippen molar-refractivity contribution in [2.24, 2.45) is 0 Å². The summed E-state index contributed by atoms with van der Waals surface area (Å²) in [6.45, 7) is 7.10. The second kappa shape index (κ2) is 8.29. The largest absolute Gasteiger partial charge is 1.00 e. The average Bonchev–Trinajstić information content (AvgIpc) is 3.11. The second-order valence-corrected chi connectivity index (χ2v) is 17.6. The topological polar surface area (TPSA) is 0 Å². The minimum atomic E-state index is -2.12. The van der Waals surface area contributed by atoms with Crippen LogP contribution in [-0.2, 0) is 21.0 Å². The van der Waals surface area contributed by atoms with Gasteiger partial charge in [-0.25, -0.2) is 0 Å². The third kappa shape index (κ3) is 3.44. The molecule has 2 aliphatic carbocycles. The van der Waals surface area contributed by atoms with Crippen LogP contribution < -0.4 is 24.8 Å². The second-order valence-electron chi connectivity index (χ2n) is 6.79. The van der Waals surface area contributed by atoms with Gasteiger partial charge in [-0.15, -0.1) is 0 Å². The van der Waals surface area contributed by atoms with Crippen LogP contribution >= 0.6 is 0 Å². The van der Waals surface area contributed by atoms with Gasteiger partial charge >= 0.3 is 147 Å². The van der Waals surface area contributed by atoms with E-state index in [-0.39, 0.29) is 24.8 Å². The first-order valence-electron chi connectivity index (χ1n) is 8.40. The summed E-state index contributed by atoms with van der Waals surface area (Å²) in [6.07, 6.45) is 5.90. The fourth-order valence-electron chi connectivity index (χ4n) is 4.17. The predicted octanol–water partition coefficient (Wildman–Crippen LogP) is -0.171. The molecule has 0 spiro atoms. The molecular weight excluding hydrogens is 514 g/mol. The number of halogens is 2. The predicted molar refractivity (Wildman–Crippen MR) is 96.5 cm³/mol. The Morgan fingerprint density at radius 1 is 0.880 bits per heavy atom. The van der Waals surface area contributed by atoms with Crippen LogP contribution in [0.5, 0.6) is 0 Å². The summed E-state index contributed by atoms with van der Waals surface area (Å²) in [6, 6.07) is 18.2. The maximum atomic E-state index is 2.39. The first-order valence-corrected chi connectivity index (χ1v) is 14.1. The molecule has 0 amide bonds. The Balaban J connectivity index is 0.00000113. The zero-order chi connectivity index (χ0) is 16.0. The zero-order valence-corrected chi connectivity index (χ0v) is 19.9. The molecule has 0 fully saturated rings. The van der Waals surface area contributed by atoms with Crippen molar-refractivity contribution in [1.29, 1.82) is 0 Å². The molecule has 0 bridgehead atoms. The minimum absolute atomic E-state index is 0. The molecule has 0 nitrogen and oxygen atoms in total. The van der Waals surface area contributed by atoms with Crippen molar-refractivity contribution in [3.8, 4) is 11.1 Å². The first kappa shape index (κ1) is 20.6. The van der Waals surface area contributed by atoms with E-state index in [0.717, 1.165) is 0 Å². The summed E-state index contributed by atoms with van der Waals surface area (Å²) in [5.41, 5.74) is 7.67. The number of hydrogen-bond acceptors (Lipinski definition) is 0. The van der Waals surface area contributed by atoms with E-state index in [1.807, 2.05) is 3.33 Å². The van der Waals surface area contributed by atoms with Gasteiger partial charge in [0, 0.05) is 0 Å². The molecule has 2 aliphatic rings. The van der Waals surface area contributed by atoms with Crippen molar-refractivity contribution in [2.75, 3.05) is 0 Å². The third-order valence-electron chi connectivity index (χ3n) is 5.15. The summed E-state index contributed by atoms with van der Waals surface area (Å²) < 4.78 is 4.21. The van der Waals surface area contributed by atoms with Gasteiger partial charge in [0.05, 0.1) is 0 Å². The van der Waals surface area contributed by atoms with E-state index in [2.05, 4.69) is 81.5 Å². The Bertz CT molecular complexity index is 841. The zero-order valence-electron chi connectivity index (χ0n) is 14.8. The van der Waals surface area contributed by atoms with Crippen LogP contribution in [0.15, 0.2) is 69.6 Å². The Morgan fingerprint density at radius 2 is 1.40 bits per heavy atom. The van der Waals surface area contributed by atoms with Gasteiger partial charge in [0.15, 0.2) is 0 Å². The van der Waals surface area contributed by atoms with Crippen LogP contribution in [0.3, 0.4) is 0 Å². The summed E-state index contributed by atoms with van der Waals surface area (Å²) >= 11 is -2.12. The van der Waals surface area contributed by atoms with Crippen molar-refractivity contribution >= 4 is 3.26 Å². The fraction of sp³-hybridized carbons (Fsp3) is 0.227. The van der Waals surface area contributed by atoms with Crippen molar-refractivity contribution in [2.45, 2.75) is 30.9 Å². The number of hydrogen-bond donors (Lipinski definition) is 0. The summed E-state index contributed by atoms with van der Waals surface area (Å²) in [4.78, 5) is 0. The molecule has 0 N–H and O–H groups in total. The van der Waals surface area contributed by atoms with Gasteiger partial charge in [-0.2, -0.15) is 0 Å². The molecule has 0 unspecified atom stereocenters. The van der Waals surface area contributed by atoms with Gasteiger partial charge in [-0.05, 0) is 0 Å². The van der Waals surface area contributed by atoms with Gasteiger partial charge in [-0.3, -0.25) is 0 Å². The Morgan fingerprint density at radius 3 is 1.84 bits per heavy atom. The Kier molecular flexibility index (Phi) is 6.81. The summed E-state index contributed by atoms with van der Waals surface area (Å²) in [5.74, 6) is 0. The Labute approximate surface area is 170 Å². The van der Waals surface area contributed by atoms with E-state index in [1.54, 1.807) is 20.0 Å². The van der Waals surface area contributed by atoms with Crippen LogP contribution in [-0.4, -0.2) is 3.26 Å². The third-order valence-corrected chi connectivity index (χ3v) is 17.8. The van der Waals surface area contributed by atoms with Crippen LogP contribution in [0.1, 0.15) is 42.0 Å². The minimum Gasteiger partial charge on any atom is -1.00 e. The molecule has 0 aromatic heterocycles. The van der Waals surface area contributed by atoms with Crippen LogP contribution in [0.25, 0.3) is 11.1 Å². The van der Waals surface area contributed by atoms with Crippen LogP contribution in [0.4, 0.5) is 0 Å². The number of rotatable bonds is 2. The molecule has 0 aliphatic heterocycles. The van der Waals surface area contributed by atoms with Gasteiger partial charge < -0.3 is 24.8 Å². The van der Waals surface area contributed by atoms with E-state index >= 15 is 0 Å². The fourth-order valence-corrected chi connectivity index (χ4v) is 16.7. The molecule has 3 heteroatoms. The van der Waals surface area contributed by atoms with Crippen LogP contribution in [0.2, 0.25) is 0 Å². The van der Waals surface area contributed by atoms with Gasteiger partial charge in [0.25, 0.3) is 0 Å². The molecule has 0 saturated carbocycles. The van der Waals surface area contributed by atoms with E-state index in [1.165, 1.54) is 17.5 Å². The molecule has 0 heterocycles. The molecule has 2 aromatic rings. The van der Waals surface area contributed by atoms with E-state index in [9.17, 15) is 0 Å². The van der Waals surface area contributed by atoms with Gasteiger partial charge in [0.2, 0.25) is 0 Å². The van der Waals surface area contributed by atoms with Gasteiger partial charge in [0.1, 0.15) is 0 Å². The summed E-state index contributed by atoms with van der Waals surface area (Å²) in [5, 5.41) is 0. The Hall–Kier alpha value is -0.760. The maximum absolute atomic E-state index is 2.39. The number of allylic oxidation sites excluding steroid dienone is 4. The SMILES string of the molecule is CC1=[C]([Hf+2](=[C](C)C)[CH]2c3ccccc3-c3ccccc32)CC=C1.[Cl-].[Cl-]. The molecule has 128 valence electrons. The van der Waals surface area contributed by atoms with Crippen molar-refractivity contribution in [3.05, 3.63) is 80.7 Å². The maximum Gasteiger partial charge on any atom is -1.00 e. The van der Waals surface area contributed by atoms with Gasteiger partial charge in [-0.1, -0.05) is 0 Å². The molecular formula is C22H22Cl2Hf. The average molecular weight is 536 g/mol. The smallest absolute Gasteiger partial charge is 1.00 e. The van der Waals surface area contributed by atoms with Crippen molar-refractivity contribution in [3.63, 3.8) is 0 Å². The molecule has 0 atom stereocenters. The van der Waals surface area contributed by atoms with E-state index in [0.29, 0.717) is 3.67 Å². The molecule has 2 aromatic carbocycles. The quantitative estimate of drug-likeness (QED) is 0.469. The summed E-state index contributed by atoms with van der Waals surface area (Å²) in [7, 11) is 0. The van der Waals surface area contributed by atoms with E-state index < -0.39 is 21.0 Å². The van der Waals surface area contributed by atoms with E-state index in [4.69, 9.17) is 0 Å². The molecule has 25 heavy (non-hydrogen) atoms. The molecule has 4 rings (SSSR count). The molecule has 0 radical (unpaired) electrons. The number of benzene rings is 2. The monoisotopic (exact) mass is 536 g/mol. The molecule has 0 saturated heterocycles.